The monoisotopic (exact) mass is 494 g/mol. The summed E-state index contributed by atoms with van der Waals surface area (Å²) in [5, 5.41) is 12.4. The summed E-state index contributed by atoms with van der Waals surface area (Å²) < 4.78 is 7.48. The molecule has 0 bridgehead atoms. The lowest BCUT2D eigenvalue weighted by Gasteiger charge is -2.20. The van der Waals surface area contributed by atoms with Crippen molar-refractivity contribution >= 4 is 28.3 Å². The topological polar surface area (TPSA) is 97.7 Å². The molecule has 0 radical (unpaired) electrons. The summed E-state index contributed by atoms with van der Waals surface area (Å²) in [6.45, 7) is 8.84. The fourth-order valence-corrected chi connectivity index (χ4v) is 5.15. The molecule has 0 fully saturated rings. The molecule has 4 rings (SSSR count). The normalized spacial score (nSPS) is 12.7. The Kier molecular flexibility index (Phi) is 7.97. The largest absolute Gasteiger partial charge is 0.377 e. The fourth-order valence-electron chi connectivity index (χ4n) is 4.45. The highest BCUT2D eigenvalue weighted by molar-refractivity contribution is 7.09. The molecule has 35 heavy (non-hydrogen) atoms. The van der Waals surface area contributed by atoms with Gasteiger partial charge in [0.2, 0.25) is 0 Å². The Balaban J connectivity index is 1.64. The maximum absolute atomic E-state index is 13.3. The van der Waals surface area contributed by atoms with Gasteiger partial charge in [-0.3, -0.25) is 9.89 Å². The first-order valence-corrected chi connectivity index (χ1v) is 13.1. The summed E-state index contributed by atoms with van der Waals surface area (Å²) in [6.07, 6.45) is 2.84. The van der Waals surface area contributed by atoms with E-state index in [9.17, 15) is 4.79 Å². The Morgan fingerprint density at radius 3 is 2.66 bits per heavy atom. The molecule has 1 aromatic carbocycles. The molecule has 0 saturated heterocycles. The molecule has 0 aliphatic heterocycles. The van der Waals surface area contributed by atoms with Crippen molar-refractivity contribution in [1.29, 1.82) is 0 Å². The van der Waals surface area contributed by atoms with Gasteiger partial charge in [-0.25, -0.2) is 9.97 Å². The zero-order valence-electron chi connectivity index (χ0n) is 21.0. The number of carbonyl (C=O) groups is 1. The zero-order valence-corrected chi connectivity index (χ0v) is 21.9. The van der Waals surface area contributed by atoms with Gasteiger partial charge in [-0.1, -0.05) is 33.8 Å². The summed E-state index contributed by atoms with van der Waals surface area (Å²) in [5.41, 5.74) is 2.49. The van der Waals surface area contributed by atoms with Crippen LogP contribution in [0.4, 0.5) is 0 Å². The van der Waals surface area contributed by atoms with Gasteiger partial charge in [0, 0.05) is 30.0 Å². The number of fused-ring (bicyclic) bond motifs is 1. The number of aromatic amines is 1. The van der Waals surface area contributed by atoms with E-state index in [1.165, 1.54) is 4.88 Å². The molecule has 9 heteroatoms. The molecule has 8 nitrogen and oxygen atoms in total. The Morgan fingerprint density at radius 2 is 2.00 bits per heavy atom. The molecule has 3 heterocycles. The molecular formula is C26H34N6O2S. The number of ether oxygens (including phenoxy) is 1. The third kappa shape index (κ3) is 5.46. The lowest BCUT2D eigenvalue weighted by Crippen LogP contribution is -2.32. The van der Waals surface area contributed by atoms with Crippen LogP contribution in [0.3, 0.4) is 0 Å². The highest BCUT2D eigenvalue weighted by Crippen LogP contribution is 2.29. The molecule has 1 amide bonds. The van der Waals surface area contributed by atoms with Crippen molar-refractivity contribution in [2.24, 2.45) is 5.92 Å². The van der Waals surface area contributed by atoms with Gasteiger partial charge in [0.25, 0.3) is 5.91 Å². The number of rotatable bonds is 11. The number of aromatic nitrogens is 5. The van der Waals surface area contributed by atoms with E-state index < -0.39 is 0 Å². The number of methoxy groups -OCH3 is 1. The maximum Gasteiger partial charge on any atom is 0.251 e. The second-order valence-electron chi connectivity index (χ2n) is 9.10. The Morgan fingerprint density at radius 1 is 1.20 bits per heavy atom. The van der Waals surface area contributed by atoms with Crippen molar-refractivity contribution in [1.82, 2.24) is 30.0 Å². The predicted molar refractivity (Wildman–Crippen MR) is 139 cm³/mol. The smallest absolute Gasteiger partial charge is 0.251 e. The van der Waals surface area contributed by atoms with Crippen LogP contribution in [0.5, 0.6) is 0 Å². The van der Waals surface area contributed by atoms with Gasteiger partial charge < -0.3 is 14.6 Å². The van der Waals surface area contributed by atoms with E-state index in [2.05, 4.69) is 56.4 Å². The van der Waals surface area contributed by atoms with E-state index in [1.54, 1.807) is 18.4 Å². The average molecular weight is 495 g/mol. The Hall–Kier alpha value is -3.04. The predicted octanol–water partition coefficient (Wildman–Crippen LogP) is 5.44. The van der Waals surface area contributed by atoms with Crippen molar-refractivity contribution < 1.29 is 9.53 Å². The molecule has 0 saturated carbocycles. The average Bonchev–Trinajstić information content (AvgIpc) is 3.59. The van der Waals surface area contributed by atoms with Crippen LogP contribution < -0.4 is 5.32 Å². The number of benzene rings is 1. The second-order valence-corrected chi connectivity index (χ2v) is 10.1. The molecule has 0 aliphatic rings. The summed E-state index contributed by atoms with van der Waals surface area (Å²) in [4.78, 5) is 24.0. The van der Waals surface area contributed by atoms with Gasteiger partial charge in [-0.15, -0.1) is 11.3 Å². The number of hydrogen-bond acceptors (Lipinski definition) is 6. The van der Waals surface area contributed by atoms with Gasteiger partial charge in [0.05, 0.1) is 17.1 Å². The van der Waals surface area contributed by atoms with Crippen LogP contribution in [-0.2, 0) is 17.8 Å². The van der Waals surface area contributed by atoms with E-state index in [1.807, 2.05) is 32.0 Å². The van der Waals surface area contributed by atoms with Gasteiger partial charge >= 0.3 is 0 Å². The minimum absolute atomic E-state index is 0.111. The van der Waals surface area contributed by atoms with Crippen LogP contribution in [0.1, 0.15) is 85.3 Å². The van der Waals surface area contributed by atoms with E-state index >= 15 is 0 Å². The Bertz CT molecular complexity index is 1260. The van der Waals surface area contributed by atoms with E-state index in [-0.39, 0.29) is 17.9 Å². The van der Waals surface area contributed by atoms with Gasteiger partial charge in [0.15, 0.2) is 11.6 Å². The van der Waals surface area contributed by atoms with Crippen LogP contribution in [0, 0.1) is 5.92 Å². The summed E-state index contributed by atoms with van der Waals surface area (Å²) in [6, 6.07) is 10.1. The number of H-pyrrole nitrogens is 1. The number of nitrogens with zero attached hydrogens (tertiary/aromatic N) is 4. The Labute approximate surface area is 210 Å². The third-order valence-electron chi connectivity index (χ3n) is 6.31. The first kappa shape index (κ1) is 25.1. The van der Waals surface area contributed by atoms with E-state index in [4.69, 9.17) is 9.72 Å². The van der Waals surface area contributed by atoms with E-state index in [0.29, 0.717) is 29.9 Å². The first-order valence-electron chi connectivity index (χ1n) is 12.2. The molecule has 4 aromatic rings. The quantitative estimate of drug-likeness (QED) is 0.289. The second kappa shape index (κ2) is 11.1. The summed E-state index contributed by atoms with van der Waals surface area (Å²) >= 11 is 1.74. The minimum atomic E-state index is -0.323. The van der Waals surface area contributed by atoms with Crippen molar-refractivity contribution in [2.75, 3.05) is 7.11 Å². The van der Waals surface area contributed by atoms with Gasteiger partial charge in [0.1, 0.15) is 12.4 Å². The van der Waals surface area contributed by atoms with Crippen LogP contribution in [0.25, 0.3) is 11.0 Å². The van der Waals surface area contributed by atoms with Crippen LogP contribution in [0.2, 0.25) is 0 Å². The lowest BCUT2D eigenvalue weighted by molar-refractivity contribution is 0.0923. The number of hydrogen-bond donors (Lipinski definition) is 2. The maximum atomic E-state index is 13.3. The number of imidazole rings is 1. The molecule has 0 spiro atoms. The molecule has 1 atom stereocenters. The molecule has 3 aromatic heterocycles. The molecule has 186 valence electrons. The molecular weight excluding hydrogens is 460 g/mol. The third-order valence-corrected chi connectivity index (χ3v) is 7.18. The number of nitrogens with one attached hydrogen (secondary N) is 2. The highest BCUT2D eigenvalue weighted by Gasteiger charge is 2.24. The molecule has 1 unspecified atom stereocenters. The summed E-state index contributed by atoms with van der Waals surface area (Å²) in [7, 11) is 1.61. The first-order chi connectivity index (χ1) is 16.9. The molecule has 2 N–H and O–H groups in total. The number of thiophene rings is 1. The van der Waals surface area contributed by atoms with Gasteiger partial charge in [-0.05, 0) is 48.4 Å². The van der Waals surface area contributed by atoms with E-state index in [0.717, 1.165) is 36.1 Å². The van der Waals surface area contributed by atoms with Crippen LogP contribution in [0.15, 0.2) is 35.7 Å². The number of amides is 1. The standard InChI is InChI=1S/C26H34N6O2S/c1-6-18(7-2)32-21-11-10-17(13-20(21)27-23(32)14-19-9-8-12-35-19)26(33)29-24(16(3)4)25-28-22(15-34-5)30-31-25/h8-13,16,18,24H,6-7,14-15H2,1-5H3,(H,29,33)(H,28,30,31). The van der Waals surface area contributed by atoms with Crippen LogP contribution in [-0.4, -0.2) is 37.7 Å². The van der Waals surface area contributed by atoms with Gasteiger partial charge in [-0.2, -0.15) is 5.10 Å². The lowest BCUT2D eigenvalue weighted by atomic mass is 10.0. The van der Waals surface area contributed by atoms with Crippen LogP contribution >= 0.6 is 11.3 Å². The molecule has 0 aliphatic carbocycles. The fraction of sp³-hybridized carbons (Fsp3) is 0.462. The highest BCUT2D eigenvalue weighted by atomic mass is 32.1. The SMILES string of the molecule is CCC(CC)n1c(Cc2cccs2)nc2cc(C(=O)NC(c3n[nH]c(COC)n3)C(C)C)ccc21. The summed E-state index contributed by atoms with van der Waals surface area (Å²) in [5.74, 6) is 2.17. The van der Waals surface area contributed by atoms with Crippen molar-refractivity contribution in [3.05, 3.63) is 63.6 Å². The minimum Gasteiger partial charge on any atom is -0.377 e. The zero-order chi connectivity index (χ0) is 24.9. The van der Waals surface area contributed by atoms with Crippen molar-refractivity contribution in [2.45, 2.75) is 65.6 Å². The number of carbonyl (C=O) groups excluding carboxylic acids is 1. The van der Waals surface area contributed by atoms with Crippen molar-refractivity contribution in [3.8, 4) is 0 Å². The van der Waals surface area contributed by atoms with Crippen molar-refractivity contribution in [3.63, 3.8) is 0 Å².